The van der Waals surface area contributed by atoms with Crippen molar-refractivity contribution in [3.8, 4) is 11.5 Å². The lowest BCUT2D eigenvalue weighted by Crippen LogP contribution is -2.41. The highest BCUT2D eigenvalue weighted by Crippen LogP contribution is 2.52. The minimum Gasteiger partial charge on any atom is -0.496 e. The summed E-state index contributed by atoms with van der Waals surface area (Å²) in [5, 5.41) is 0. The summed E-state index contributed by atoms with van der Waals surface area (Å²) in [5.74, 6) is 2.26. The van der Waals surface area contributed by atoms with Crippen LogP contribution >= 0.6 is 0 Å². The van der Waals surface area contributed by atoms with Gasteiger partial charge < -0.3 is 14.4 Å². The van der Waals surface area contributed by atoms with Gasteiger partial charge in [0.1, 0.15) is 11.5 Å². The summed E-state index contributed by atoms with van der Waals surface area (Å²) in [5.41, 5.74) is 2.07. The molecule has 1 aliphatic heterocycles. The Bertz CT molecular complexity index is 773. The van der Waals surface area contributed by atoms with Crippen LogP contribution in [-0.4, -0.2) is 26.2 Å². The molecule has 4 nitrogen and oxygen atoms in total. The van der Waals surface area contributed by atoms with Crippen LogP contribution in [0.15, 0.2) is 48.5 Å². The van der Waals surface area contributed by atoms with E-state index in [9.17, 15) is 4.79 Å². The van der Waals surface area contributed by atoms with Crippen molar-refractivity contribution in [2.24, 2.45) is 5.92 Å². The van der Waals surface area contributed by atoms with Crippen LogP contribution in [0.25, 0.3) is 0 Å². The maximum atomic E-state index is 12.8. The molecule has 0 aromatic heterocycles. The number of carbonyl (C=O) groups excluding carboxylic acids is 1. The van der Waals surface area contributed by atoms with Crippen LogP contribution < -0.4 is 14.4 Å². The molecular formula is C20H21NO3. The van der Waals surface area contributed by atoms with E-state index in [-0.39, 0.29) is 17.9 Å². The molecule has 24 heavy (non-hydrogen) atoms. The van der Waals surface area contributed by atoms with Gasteiger partial charge in [-0.15, -0.1) is 0 Å². The molecule has 4 heteroatoms. The first-order valence-corrected chi connectivity index (χ1v) is 8.33. The molecule has 2 aliphatic rings. The number of para-hydroxylation sites is 3. The number of carbonyl (C=O) groups is 1. The van der Waals surface area contributed by atoms with Crippen LogP contribution in [0.2, 0.25) is 0 Å². The van der Waals surface area contributed by atoms with Crippen molar-refractivity contribution in [3.63, 3.8) is 0 Å². The zero-order valence-electron chi connectivity index (χ0n) is 13.9. The predicted octanol–water partition coefficient (Wildman–Crippen LogP) is 3.61. The molecule has 1 saturated carbocycles. The van der Waals surface area contributed by atoms with Crippen molar-refractivity contribution in [2.45, 2.75) is 24.8 Å². The molecule has 0 spiro atoms. The molecule has 0 N–H and O–H groups in total. The molecule has 4 rings (SSSR count). The average molecular weight is 323 g/mol. The van der Waals surface area contributed by atoms with Crippen LogP contribution in [0.4, 0.5) is 5.69 Å². The lowest BCUT2D eigenvalue weighted by atomic mass is 9.89. The van der Waals surface area contributed by atoms with Gasteiger partial charge in [0.2, 0.25) is 5.91 Å². The molecule has 2 fully saturated rings. The Morgan fingerprint density at radius 2 is 1.58 bits per heavy atom. The first-order valence-electron chi connectivity index (χ1n) is 8.33. The number of ether oxygens (including phenoxy) is 2. The first kappa shape index (κ1) is 15.1. The standard InChI is InChI=1S/C20H21NO3/c1-23-18-9-5-3-7-14(18)15-11-13-12-17(15)21(20(13)22)16-8-4-6-10-19(16)24-2/h3-10,13,15,17H,11-12H2,1-2H3/t13-,15+,17-/m0/s1. The second-order valence-electron chi connectivity index (χ2n) is 6.46. The second kappa shape index (κ2) is 5.86. The van der Waals surface area contributed by atoms with Gasteiger partial charge in [0.25, 0.3) is 0 Å². The molecule has 3 atom stereocenters. The zero-order chi connectivity index (χ0) is 16.7. The fraction of sp³-hybridized carbons (Fsp3) is 0.350. The number of fused-ring (bicyclic) bond motifs is 2. The van der Waals surface area contributed by atoms with Gasteiger partial charge in [-0.3, -0.25) is 4.79 Å². The summed E-state index contributed by atoms with van der Waals surface area (Å²) in [6, 6.07) is 16.1. The van der Waals surface area contributed by atoms with Gasteiger partial charge in [0.05, 0.1) is 19.9 Å². The summed E-state index contributed by atoms with van der Waals surface area (Å²) in [6.45, 7) is 0. The molecule has 0 radical (unpaired) electrons. The van der Waals surface area contributed by atoms with E-state index in [0.717, 1.165) is 30.0 Å². The third-order valence-corrected chi connectivity index (χ3v) is 5.33. The Hall–Kier alpha value is -2.49. The van der Waals surface area contributed by atoms with Crippen molar-refractivity contribution in [1.82, 2.24) is 0 Å². The molecule has 2 aromatic rings. The molecule has 124 valence electrons. The highest BCUT2D eigenvalue weighted by molar-refractivity contribution is 6.00. The van der Waals surface area contributed by atoms with Crippen molar-refractivity contribution < 1.29 is 14.3 Å². The third kappa shape index (κ3) is 2.17. The minimum absolute atomic E-state index is 0.0924. The van der Waals surface area contributed by atoms with Crippen molar-refractivity contribution in [1.29, 1.82) is 0 Å². The Labute approximate surface area is 142 Å². The zero-order valence-corrected chi connectivity index (χ0v) is 13.9. The fourth-order valence-electron chi connectivity index (χ4n) is 4.30. The van der Waals surface area contributed by atoms with Gasteiger partial charge in [-0.05, 0) is 36.6 Å². The average Bonchev–Trinajstić information content (AvgIpc) is 3.19. The van der Waals surface area contributed by atoms with E-state index in [1.165, 1.54) is 5.56 Å². The van der Waals surface area contributed by atoms with Gasteiger partial charge in [0.15, 0.2) is 0 Å². The molecule has 1 amide bonds. The molecular weight excluding hydrogens is 302 g/mol. The largest absolute Gasteiger partial charge is 0.496 e. The van der Waals surface area contributed by atoms with Gasteiger partial charge in [-0.25, -0.2) is 0 Å². The van der Waals surface area contributed by atoms with E-state index < -0.39 is 0 Å². The SMILES string of the molecule is COc1ccccc1[C@H]1C[C@H]2C[C@@H]1N(c1ccccc1OC)C2=O. The highest BCUT2D eigenvalue weighted by atomic mass is 16.5. The summed E-state index contributed by atoms with van der Waals surface area (Å²) in [6.07, 6.45) is 1.80. The molecule has 0 unspecified atom stereocenters. The fourth-order valence-corrected chi connectivity index (χ4v) is 4.30. The minimum atomic E-state index is 0.0924. The number of anilines is 1. The molecule has 1 saturated heterocycles. The monoisotopic (exact) mass is 323 g/mol. The number of piperidine rings is 1. The van der Waals surface area contributed by atoms with E-state index in [2.05, 4.69) is 6.07 Å². The van der Waals surface area contributed by atoms with Crippen LogP contribution in [0.3, 0.4) is 0 Å². The number of hydrogen-bond donors (Lipinski definition) is 0. The number of nitrogens with zero attached hydrogens (tertiary/aromatic N) is 1. The lowest BCUT2D eigenvalue weighted by Gasteiger charge is -2.34. The predicted molar refractivity (Wildman–Crippen MR) is 92.7 cm³/mol. The van der Waals surface area contributed by atoms with E-state index in [4.69, 9.17) is 9.47 Å². The van der Waals surface area contributed by atoms with Crippen molar-refractivity contribution in [2.75, 3.05) is 19.1 Å². The Kier molecular flexibility index (Phi) is 3.68. The van der Waals surface area contributed by atoms with Crippen LogP contribution in [0.5, 0.6) is 11.5 Å². The van der Waals surface area contributed by atoms with E-state index in [1.54, 1.807) is 14.2 Å². The Morgan fingerprint density at radius 1 is 0.917 bits per heavy atom. The summed E-state index contributed by atoms with van der Waals surface area (Å²) in [4.78, 5) is 14.8. The first-order chi connectivity index (χ1) is 11.7. The number of methoxy groups -OCH3 is 2. The normalized spacial score (nSPS) is 25.2. The lowest BCUT2D eigenvalue weighted by molar-refractivity contribution is -0.121. The Morgan fingerprint density at radius 3 is 2.29 bits per heavy atom. The molecule has 2 bridgehead atoms. The molecule has 2 aromatic carbocycles. The van der Waals surface area contributed by atoms with Gasteiger partial charge in [-0.2, -0.15) is 0 Å². The van der Waals surface area contributed by atoms with Crippen LogP contribution in [-0.2, 0) is 4.79 Å². The number of rotatable bonds is 4. The maximum Gasteiger partial charge on any atom is 0.230 e. The Balaban J connectivity index is 1.74. The molecule has 1 aliphatic carbocycles. The van der Waals surface area contributed by atoms with E-state index >= 15 is 0 Å². The topological polar surface area (TPSA) is 38.8 Å². The quantitative estimate of drug-likeness (QED) is 0.863. The summed E-state index contributed by atoms with van der Waals surface area (Å²) < 4.78 is 11.0. The third-order valence-electron chi connectivity index (χ3n) is 5.33. The highest BCUT2D eigenvalue weighted by Gasteiger charge is 2.52. The van der Waals surface area contributed by atoms with E-state index in [0.29, 0.717) is 5.92 Å². The van der Waals surface area contributed by atoms with Gasteiger partial charge >= 0.3 is 0 Å². The van der Waals surface area contributed by atoms with Gasteiger partial charge in [-0.1, -0.05) is 30.3 Å². The van der Waals surface area contributed by atoms with Crippen LogP contribution in [0.1, 0.15) is 24.3 Å². The number of benzene rings is 2. The van der Waals surface area contributed by atoms with Crippen molar-refractivity contribution >= 4 is 11.6 Å². The smallest absolute Gasteiger partial charge is 0.230 e. The number of amides is 1. The van der Waals surface area contributed by atoms with Crippen LogP contribution in [0, 0.1) is 5.92 Å². The number of hydrogen-bond acceptors (Lipinski definition) is 3. The summed E-state index contributed by atoms with van der Waals surface area (Å²) >= 11 is 0. The van der Waals surface area contributed by atoms with Crippen molar-refractivity contribution in [3.05, 3.63) is 54.1 Å². The maximum absolute atomic E-state index is 12.8. The van der Waals surface area contributed by atoms with Gasteiger partial charge in [0, 0.05) is 17.9 Å². The molecule has 1 heterocycles. The summed E-state index contributed by atoms with van der Waals surface area (Å²) in [7, 11) is 3.35. The van der Waals surface area contributed by atoms with E-state index in [1.807, 2.05) is 47.4 Å². The second-order valence-corrected chi connectivity index (χ2v) is 6.46.